The minimum absolute atomic E-state index is 0.130. The Kier molecular flexibility index (Phi) is 3.47. The van der Waals surface area contributed by atoms with Crippen LogP contribution in [0.1, 0.15) is 11.1 Å². The summed E-state index contributed by atoms with van der Waals surface area (Å²) in [5.74, 6) is -1.69. The summed E-state index contributed by atoms with van der Waals surface area (Å²) < 4.78 is 13.3. The van der Waals surface area contributed by atoms with Crippen LogP contribution in [-0.2, 0) is 16.1 Å². The van der Waals surface area contributed by atoms with Crippen molar-refractivity contribution in [3.63, 3.8) is 0 Å². The monoisotopic (exact) mass is 261 g/mol. The van der Waals surface area contributed by atoms with Crippen molar-refractivity contribution < 1.29 is 14.0 Å². The van der Waals surface area contributed by atoms with Crippen LogP contribution < -0.4 is 0 Å². The fourth-order valence-corrected chi connectivity index (χ4v) is 1.95. The van der Waals surface area contributed by atoms with Gasteiger partial charge in [0, 0.05) is 26.7 Å². The molecule has 0 spiro atoms. The van der Waals surface area contributed by atoms with Gasteiger partial charge in [0.05, 0.1) is 11.6 Å². The summed E-state index contributed by atoms with van der Waals surface area (Å²) in [6.07, 6.45) is 0. The Morgan fingerprint density at radius 2 is 2.00 bits per heavy atom. The van der Waals surface area contributed by atoms with Crippen LogP contribution in [0.4, 0.5) is 4.39 Å². The maximum absolute atomic E-state index is 13.3. The highest BCUT2D eigenvalue weighted by Gasteiger charge is 2.30. The van der Waals surface area contributed by atoms with E-state index in [1.807, 2.05) is 6.07 Å². The highest BCUT2D eigenvalue weighted by Crippen LogP contribution is 2.13. The van der Waals surface area contributed by atoms with E-state index in [0.29, 0.717) is 18.7 Å². The second-order valence-corrected chi connectivity index (χ2v) is 4.41. The third-order valence-corrected chi connectivity index (χ3v) is 2.98. The summed E-state index contributed by atoms with van der Waals surface area (Å²) in [5.41, 5.74) is 0.699. The fourth-order valence-electron chi connectivity index (χ4n) is 1.95. The molecule has 1 aromatic rings. The maximum atomic E-state index is 13.3. The molecule has 2 amide bonds. The normalized spacial score (nSPS) is 15.6. The molecule has 0 atom stereocenters. The standard InChI is InChI=1S/C13H12FN3O2/c1-16-2-3-17(13(19)12(16)18)8-10-4-9(7-15)5-11(14)6-10/h4-6H,2-3,8H2,1H3. The Balaban J connectivity index is 2.18. The molecule has 0 unspecified atom stereocenters. The molecule has 0 aromatic heterocycles. The Labute approximate surface area is 109 Å². The number of rotatable bonds is 2. The number of hydrogen-bond donors (Lipinski definition) is 0. The molecule has 6 heteroatoms. The van der Waals surface area contributed by atoms with Crippen molar-refractivity contribution in [1.29, 1.82) is 5.26 Å². The number of nitrogens with zero attached hydrogens (tertiary/aromatic N) is 3. The second-order valence-electron chi connectivity index (χ2n) is 4.41. The van der Waals surface area contributed by atoms with Crippen molar-refractivity contribution in [3.05, 3.63) is 35.1 Å². The quantitative estimate of drug-likeness (QED) is 0.728. The van der Waals surface area contributed by atoms with Gasteiger partial charge < -0.3 is 9.80 Å². The van der Waals surface area contributed by atoms with Crippen LogP contribution in [0.3, 0.4) is 0 Å². The van der Waals surface area contributed by atoms with Crippen molar-refractivity contribution in [2.75, 3.05) is 20.1 Å². The van der Waals surface area contributed by atoms with E-state index < -0.39 is 17.6 Å². The van der Waals surface area contributed by atoms with Gasteiger partial charge in [-0.15, -0.1) is 0 Å². The van der Waals surface area contributed by atoms with Crippen molar-refractivity contribution in [2.45, 2.75) is 6.54 Å². The van der Waals surface area contributed by atoms with Crippen LogP contribution in [0, 0.1) is 17.1 Å². The molecule has 5 nitrogen and oxygen atoms in total. The van der Waals surface area contributed by atoms with E-state index in [-0.39, 0.29) is 12.1 Å². The molecule has 1 aromatic carbocycles. The van der Waals surface area contributed by atoms with Crippen LogP contribution in [0.25, 0.3) is 0 Å². The number of nitriles is 1. The fraction of sp³-hybridized carbons (Fsp3) is 0.308. The highest BCUT2D eigenvalue weighted by atomic mass is 19.1. The van der Waals surface area contributed by atoms with Crippen LogP contribution in [0.5, 0.6) is 0 Å². The number of hydrogen-bond acceptors (Lipinski definition) is 3. The van der Waals surface area contributed by atoms with E-state index in [1.54, 1.807) is 7.05 Å². The van der Waals surface area contributed by atoms with Gasteiger partial charge in [0.1, 0.15) is 5.82 Å². The SMILES string of the molecule is CN1CCN(Cc2cc(F)cc(C#N)c2)C(=O)C1=O. The van der Waals surface area contributed by atoms with E-state index in [4.69, 9.17) is 5.26 Å². The lowest BCUT2D eigenvalue weighted by Crippen LogP contribution is -2.52. The third kappa shape index (κ3) is 2.71. The molecule has 0 saturated carbocycles. The molecule has 1 saturated heterocycles. The molecule has 2 rings (SSSR count). The van der Waals surface area contributed by atoms with Gasteiger partial charge >= 0.3 is 11.8 Å². The molecule has 0 bridgehead atoms. The van der Waals surface area contributed by atoms with Gasteiger partial charge in [0.15, 0.2) is 0 Å². The van der Waals surface area contributed by atoms with Crippen LogP contribution >= 0.6 is 0 Å². The topological polar surface area (TPSA) is 64.4 Å². The van der Waals surface area contributed by atoms with Crippen molar-refractivity contribution in [1.82, 2.24) is 9.80 Å². The first kappa shape index (κ1) is 13.0. The van der Waals surface area contributed by atoms with E-state index >= 15 is 0 Å². The Hall–Kier alpha value is -2.42. The minimum atomic E-state index is -0.600. The Morgan fingerprint density at radius 1 is 1.26 bits per heavy atom. The molecule has 0 N–H and O–H groups in total. The number of likely N-dealkylation sites (N-methyl/N-ethyl adjacent to an activating group) is 1. The summed E-state index contributed by atoms with van der Waals surface area (Å²) in [4.78, 5) is 26.0. The average Bonchev–Trinajstić information content (AvgIpc) is 2.39. The summed E-state index contributed by atoms with van der Waals surface area (Å²) >= 11 is 0. The van der Waals surface area contributed by atoms with Gasteiger partial charge in [-0.25, -0.2) is 4.39 Å². The van der Waals surface area contributed by atoms with Crippen molar-refractivity contribution in [2.24, 2.45) is 0 Å². The summed E-state index contributed by atoms with van der Waals surface area (Å²) in [6, 6.07) is 5.75. The second kappa shape index (κ2) is 5.06. The molecule has 1 aliphatic rings. The van der Waals surface area contributed by atoms with E-state index in [1.165, 1.54) is 21.9 Å². The van der Waals surface area contributed by atoms with Crippen LogP contribution in [0.15, 0.2) is 18.2 Å². The van der Waals surface area contributed by atoms with Crippen LogP contribution in [0.2, 0.25) is 0 Å². The number of carbonyl (C=O) groups excluding carboxylic acids is 2. The summed E-state index contributed by atoms with van der Waals surface area (Å²) in [6.45, 7) is 0.981. The van der Waals surface area contributed by atoms with Gasteiger partial charge in [0.25, 0.3) is 0 Å². The summed E-state index contributed by atoms with van der Waals surface area (Å²) in [5, 5.41) is 8.76. The van der Waals surface area contributed by atoms with Crippen molar-refractivity contribution >= 4 is 11.8 Å². The molecule has 0 aliphatic carbocycles. The molecular formula is C13H12FN3O2. The first-order valence-corrected chi connectivity index (χ1v) is 5.75. The van der Waals surface area contributed by atoms with E-state index in [9.17, 15) is 14.0 Å². The molecule has 0 radical (unpaired) electrons. The van der Waals surface area contributed by atoms with Gasteiger partial charge in [-0.1, -0.05) is 0 Å². The molecule has 1 fully saturated rings. The predicted octanol–water partition coefficient (Wildman–Crippen LogP) is 0.498. The van der Waals surface area contributed by atoms with Gasteiger partial charge in [0.2, 0.25) is 0 Å². The van der Waals surface area contributed by atoms with Gasteiger partial charge in [-0.3, -0.25) is 9.59 Å². The zero-order chi connectivity index (χ0) is 14.0. The lowest BCUT2D eigenvalue weighted by atomic mass is 10.1. The smallest absolute Gasteiger partial charge is 0.312 e. The number of carbonyl (C=O) groups is 2. The zero-order valence-corrected chi connectivity index (χ0v) is 10.4. The molecule has 1 aliphatic heterocycles. The van der Waals surface area contributed by atoms with E-state index in [0.717, 1.165) is 6.07 Å². The lowest BCUT2D eigenvalue weighted by molar-refractivity contribution is -0.155. The highest BCUT2D eigenvalue weighted by molar-refractivity contribution is 6.35. The van der Waals surface area contributed by atoms with Gasteiger partial charge in [-0.05, 0) is 23.8 Å². The molecule has 19 heavy (non-hydrogen) atoms. The number of benzene rings is 1. The average molecular weight is 261 g/mol. The third-order valence-electron chi connectivity index (χ3n) is 2.98. The largest absolute Gasteiger partial charge is 0.336 e. The number of piperazine rings is 1. The molecular weight excluding hydrogens is 249 g/mol. The van der Waals surface area contributed by atoms with Gasteiger partial charge in [-0.2, -0.15) is 5.26 Å². The van der Waals surface area contributed by atoms with Crippen molar-refractivity contribution in [3.8, 4) is 6.07 Å². The molecule has 1 heterocycles. The Morgan fingerprint density at radius 3 is 2.68 bits per heavy atom. The Bertz CT molecular complexity index is 580. The minimum Gasteiger partial charge on any atom is -0.336 e. The lowest BCUT2D eigenvalue weighted by Gasteiger charge is -2.31. The first-order chi connectivity index (χ1) is 9.01. The summed E-state index contributed by atoms with van der Waals surface area (Å²) in [7, 11) is 1.56. The number of halogens is 1. The molecule has 98 valence electrons. The predicted molar refractivity (Wildman–Crippen MR) is 64.2 cm³/mol. The number of amides is 2. The maximum Gasteiger partial charge on any atom is 0.312 e. The zero-order valence-electron chi connectivity index (χ0n) is 10.4. The van der Waals surface area contributed by atoms with Crippen LogP contribution in [-0.4, -0.2) is 41.8 Å². The first-order valence-electron chi connectivity index (χ1n) is 5.75. The van der Waals surface area contributed by atoms with E-state index in [2.05, 4.69) is 0 Å².